The lowest BCUT2D eigenvalue weighted by Crippen LogP contribution is -2.31. The SMILES string of the molecule is [2H]C([2H])([2H])N(C(=O)c1c(F)cccc1Cl)c1ccc(-c2cc(NC(C)=O)nn2CC(C)(C)C)cc1N1CC2CC2C1. The third-order valence-electron chi connectivity index (χ3n) is 6.92. The summed E-state index contributed by atoms with van der Waals surface area (Å²) in [7, 11) is 0. The minimum Gasteiger partial charge on any atom is -0.369 e. The molecule has 5 rings (SSSR count). The Kier molecular flexibility index (Phi) is 5.78. The molecule has 2 fully saturated rings. The Balaban J connectivity index is 1.66. The molecule has 200 valence electrons. The summed E-state index contributed by atoms with van der Waals surface area (Å²) in [6.45, 7) is 6.73. The normalized spacial score (nSPS) is 19.8. The van der Waals surface area contributed by atoms with Crippen molar-refractivity contribution < 1.29 is 18.1 Å². The van der Waals surface area contributed by atoms with Gasteiger partial charge in [0.1, 0.15) is 5.82 Å². The van der Waals surface area contributed by atoms with Gasteiger partial charge < -0.3 is 15.1 Å². The van der Waals surface area contributed by atoms with E-state index in [0.29, 0.717) is 34.8 Å². The first-order chi connectivity index (χ1) is 19.1. The Labute approximate surface area is 231 Å². The molecule has 1 aliphatic heterocycles. The van der Waals surface area contributed by atoms with E-state index in [0.717, 1.165) is 36.8 Å². The monoisotopic (exact) mass is 540 g/mol. The largest absolute Gasteiger partial charge is 0.369 e. The smallest absolute Gasteiger partial charge is 0.262 e. The molecule has 2 heterocycles. The fourth-order valence-corrected chi connectivity index (χ4v) is 5.35. The van der Waals surface area contributed by atoms with Crippen molar-refractivity contribution in [3.05, 3.63) is 58.9 Å². The third kappa shape index (κ3) is 5.27. The number of benzene rings is 2. The molecule has 1 saturated heterocycles. The Morgan fingerprint density at radius 1 is 1.21 bits per heavy atom. The number of nitrogens with one attached hydrogen (secondary N) is 1. The van der Waals surface area contributed by atoms with Gasteiger partial charge in [-0.15, -0.1) is 0 Å². The minimum absolute atomic E-state index is 0.128. The number of hydrogen-bond donors (Lipinski definition) is 1. The van der Waals surface area contributed by atoms with Gasteiger partial charge in [-0.3, -0.25) is 14.3 Å². The summed E-state index contributed by atoms with van der Waals surface area (Å²) in [6, 6.07) is 10.7. The van der Waals surface area contributed by atoms with Gasteiger partial charge in [0.15, 0.2) is 5.82 Å². The van der Waals surface area contributed by atoms with Crippen LogP contribution in [0, 0.1) is 23.1 Å². The number of rotatable bonds is 6. The lowest BCUT2D eigenvalue weighted by atomic mass is 9.97. The fraction of sp³-hybridized carbons (Fsp3) is 0.414. The van der Waals surface area contributed by atoms with E-state index in [1.165, 1.54) is 19.1 Å². The van der Waals surface area contributed by atoms with Crippen molar-refractivity contribution >= 4 is 40.6 Å². The van der Waals surface area contributed by atoms with Gasteiger partial charge in [0.05, 0.1) is 27.7 Å². The van der Waals surface area contributed by atoms with E-state index in [1.54, 1.807) is 18.2 Å². The van der Waals surface area contributed by atoms with Crippen LogP contribution in [0.5, 0.6) is 0 Å². The van der Waals surface area contributed by atoms with Gasteiger partial charge in [0.2, 0.25) is 5.91 Å². The molecule has 1 aliphatic carbocycles. The van der Waals surface area contributed by atoms with Crippen molar-refractivity contribution in [2.45, 2.75) is 40.7 Å². The number of halogens is 2. The third-order valence-corrected chi connectivity index (χ3v) is 7.23. The zero-order valence-electron chi connectivity index (χ0n) is 24.9. The van der Waals surface area contributed by atoms with Gasteiger partial charge in [0, 0.05) is 49.3 Å². The first kappa shape index (κ1) is 22.6. The number of carbonyl (C=O) groups is 2. The molecule has 3 aromatic rings. The summed E-state index contributed by atoms with van der Waals surface area (Å²) >= 11 is 6.19. The van der Waals surface area contributed by atoms with Gasteiger partial charge in [0.25, 0.3) is 5.91 Å². The van der Waals surface area contributed by atoms with E-state index in [9.17, 15) is 14.0 Å². The summed E-state index contributed by atoms with van der Waals surface area (Å²) in [6.07, 6.45) is 1.12. The van der Waals surface area contributed by atoms with Crippen LogP contribution in [0.3, 0.4) is 0 Å². The van der Waals surface area contributed by atoms with Crippen molar-refractivity contribution in [2.75, 3.05) is 35.2 Å². The fourth-order valence-electron chi connectivity index (χ4n) is 5.10. The van der Waals surface area contributed by atoms with Crippen molar-refractivity contribution in [1.29, 1.82) is 0 Å². The average Bonchev–Trinajstić information content (AvgIpc) is 3.25. The quantitative estimate of drug-likeness (QED) is 0.411. The van der Waals surface area contributed by atoms with Crippen LogP contribution >= 0.6 is 11.6 Å². The van der Waals surface area contributed by atoms with Crippen LogP contribution < -0.4 is 15.1 Å². The van der Waals surface area contributed by atoms with E-state index in [-0.39, 0.29) is 22.0 Å². The molecule has 2 aliphatic rings. The minimum atomic E-state index is -2.92. The van der Waals surface area contributed by atoms with E-state index in [4.69, 9.17) is 15.7 Å². The number of anilines is 3. The highest BCUT2D eigenvalue weighted by molar-refractivity contribution is 6.34. The maximum absolute atomic E-state index is 14.8. The summed E-state index contributed by atoms with van der Waals surface area (Å²) in [4.78, 5) is 28.2. The Hall–Kier alpha value is -3.39. The number of aromatic nitrogens is 2. The predicted molar refractivity (Wildman–Crippen MR) is 149 cm³/mol. The lowest BCUT2D eigenvalue weighted by molar-refractivity contribution is -0.114. The summed E-state index contributed by atoms with van der Waals surface area (Å²) < 4.78 is 41.5. The van der Waals surface area contributed by atoms with Crippen LogP contribution in [0.2, 0.25) is 5.02 Å². The molecule has 2 aromatic carbocycles. The molecular weight excluding hydrogens is 505 g/mol. The number of carbonyl (C=O) groups excluding carboxylic acids is 2. The predicted octanol–water partition coefficient (Wildman–Crippen LogP) is 6.08. The number of fused-ring (bicyclic) bond motifs is 1. The standard InChI is InChI=1S/C29H33ClFN5O2/c1-17(37)32-26-13-24(36(33-26)16-29(2,3)4)18-9-10-23(25(12-18)35-14-19-11-20(19)15-35)34(5)28(38)27-21(30)7-6-8-22(27)31/h6-10,12-13,19-20H,11,14-16H2,1-5H3,(H,32,33,37)/i5D3. The molecular formula is C29H33ClFN5O2. The Morgan fingerprint density at radius 3 is 2.58 bits per heavy atom. The molecule has 7 nitrogen and oxygen atoms in total. The maximum Gasteiger partial charge on any atom is 0.262 e. The van der Waals surface area contributed by atoms with Gasteiger partial charge >= 0.3 is 0 Å². The maximum atomic E-state index is 14.8. The molecule has 2 amide bonds. The van der Waals surface area contributed by atoms with Crippen molar-refractivity contribution in [2.24, 2.45) is 17.3 Å². The zero-order chi connectivity index (χ0) is 29.9. The number of hydrogen-bond acceptors (Lipinski definition) is 4. The number of amides is 2. The second-order valence-electron chi connectivity index (χ2n) is 11.4. The van der Waals surface area contributed by atoms with Crippen LogP contribution in [0.4, 0.5) is 21.6 Å². The van der Waals surface area contributed by atoms with Gasteiger partial charge in [-0.1, -0.05) is 44.5 Å². The highest BCUT2D eigenvalue weighted by atomic mass is 35.5. The Bertz CT molecular complexity index is 1490. The molecule has 0 spiro atoms. The van der Waals surface area contributed by atoms with E-state index < -0.39 is 24.3 Å². The van der Waals surface area contributed by atoms with Crippen molar-refractivity contribution in [3.63, 3.8) is 0 Å². The molecule has 1 saturated carbocycles. The van der Waals surface area contributed by atoms with Crippen LogP contribution in [-0.2, 0) is 11.3 Å². The highest BCUT2D eigenvalue weighted by Gasteiger charge is 2.45. The van der Waals surface area contributed by atoms with Crippen molar-refractivity contribution in [1.82, 2.24) is 9.78 Å². The Morgan fingerprint density at radius 2 is 1.95 bits per heavy atom. The second-order valence-corrected chi connectivity index (χ2v) is 11.8. The van der Waals surface area contributed by atoms with Crippen LogP contribution in [-0.4, -0.2) is 41.7 Å². The van der Waals surface area contributed by atoms with Crippen LogP contribution in [0.25, 0.3) is 11.3 Å². The first-order valence-corrected chi connectivity index (χ1v) is 13.0. The molecule has 0 radical (unpaired) electrons. The second kappa shape index (κ2) is 9.73. The summed E-state index contributed by atoms with van der Waals surface area (Å²) in [5.41, 5.74) is 1.54. The first-order valence-electron chi connectivity index (χ1n) is 14.2. The van der Waals surface area contributed by atoms with Crippen LogP contribution in [0.1, 0.15) is 48.6 Å². The number of nitrogens with zero attached hydrogens (tertiary/aromatic N) is 4. The highest BCUT2D eigenvalue weighted by Crippen LogP contribution is 2.48. The molecule has 2 unspecified atom stereocenters. The molecule has 1 aromatic heterocycles. The lowest BCUT2D eigenvalue weighted by Gasteiger charge is -2.29. The molecule has 2 atom stereocenters. The molecule has 0 bridgehead atoms. The summed E-state index contributed by atoms with van der Waals surface area (Å²) in [5.74, 6) is -0.753. The van der Waals surface area contributed by atoms with E-state index in [2.05, 4.69) is 36.1 Å². The number of piperidine rings is 1. The van der Waals surface area contributed by atoms with Gasteiger partial charge in [-0.05, 0) is 47.9 Å². The van der Waals surface area contributed by atoms with E-state index in [1.807, 2.05) is 10.7 Å². The molecule has 1 N–H and O–H groups in total. The summed E-state index contributed by atoms with van der Waals surface area (Å²) in [5, 5.41) is 7.18. The van der Waals surface area contributed by atoms with E-state index >= 15 is 0 Å². The molecule has 9 heteroatoms. The topological polar surface area (TPSA) is 70.5 Å². The molecule has 38 heavy (non-hydrogen) atoms. The van der Waals surface area contributed by atoms with Gasteiger partial charge in [-0.25, -0.2) is 4.39 Å². The van der Waals surface area contributed by atoms with Crippen molar-refractivity contribution in [3.8, 4) is 11.3 Å². The average molecular weight is 541 g/mol. The van der Waals surface area contributed by atoms with Gasteiger partial charge in [-0.2, -0.15) is 5.10 Å². The van der Waals surface area contributed by atoms with Crippen LogP contribution in [0.15, 0.2) is 42.5 Å². The zero-order valence-corrected chi connectivity index (χ0v) is 22.6.